The van der Waals surface area contributed by atoms with Crippen molar-refractivity contribution in [2.24, 2.45) is 5.92 Å². The van der Waals surface area contributed by atoms with Gasteiger partial charge < -0.3 is 15.0 Å². The van der Waals surface area contributed by atoms with Gasteiger partial charge in [-0.25, -0.2) is 0 Å². The Balaban J connectivity index is 0.000000288. The van der Waals surface area contributed by atoms with Gasteiger partial charge in [-0.05, 0) is 39.8 Å². The van der Waals surface area contributed by atoms with Gasteiger partial charge >= 0.3 is 0 Å². The van der Waals surface area contributed by atoms with Crippen LogP contribution < -0.4 is 5.32 Å². The molecule has 1 aliphatic heterocycles. The fourth-order valence-corrected chi connectivity index (χ4v) is 1.52. The average molecular weight is 230 g/mol. The number of carbonyl (C=O) groups excluding carboxylic acids is 1. The molecule has 1 heterocycles. The fraction of sp³-hybridized carbons (Fsp3) is 0.917. The summed E-state index contributed by atoms with van der Waals surface area (Å²) >= 11 is 0. The predicted molar refractivity (Wildman–Crippen MR) is 66.4 cm³/mol. The maximum Gasteiger partial charge on any atom is 0.207 e. The van der Waals surface area contributed by atoms with Crippen molar-refractivity contribution >= 4 is 6.41 Å². The Morgan fingerprint density at radius 2 is 2.19 bits per heavy atom. The largest absolute Gasteiger partial charge is 0.377 e. The Morgan fingerprint density at radius 3 is 2.44 bits per heavy atom. The van der Waals surface area contributed by atoms with Gasteiger partial charge in [-0.15, -0.1) is 0 Å². The van der Waals surface area contributed by atoms with Gasteiger partial charge in [0, 0.05) is 20.2 Å². The smallest absolute Gasteiger partial charge is 0.207 e. The van der Waals surface area contributed by atoms with Gasteiger partial charge in [0.15, 0.2) is 0 Å². The van der Waals surface area contributed by atoms with Gasteiger partial charge in [-0.1, -0.05) is 6.92 Å². The minimum Gasteiger partial charge on any atom is -0.377 e. The topological polar surface area (TPSA) is 41.6 Å². The molecule has 0 aliphatic carbocycles. The van der Waals surface area contributed by atoms with Crippen molar-refractivity contribution in [1.29, 1.82) is 0 Å². The highest BCUT2D eigenvalue weighted by Gasteiger charge is 2.14. The molecule has 1 fully saturated rings. The zero-order valence-electron chi connectivity index (χ0n) is 11.2. The molecule has 16 heavy (non-hydrogen) atoms. The lowest BCUT2D eigenvalue weighted by molar-refractivity contribution is -0.110. The van der Waals surface area contributed by atoms with E-state index in [-0.39, 0.29) is 5.60 Å². The molecule has 4 heteroatoms. The minimum atomic E-state index is -0.249. The van der Waals surface area contributed by atoms with Gasteiger partial charge in [0.25, 0.3) is 0 Å². The zero-order valence-corrected chi connectivity index (χ0v) is 11.2. The molecule has 0 radical (unpaired) electrons. The van der Waals surface area contributed by atoms with E-state index in [1.165, 1.54) is 19.5 Å². The standard InChI is InChI=1S/C6H13NO2.C6H13N/c1-6(2,9-3)4-7-5-8;1-6-3-4-7(2)5-6/h5H,4H2,1-3H3,(H,7,8);6H,3-5H2,1-2H3/t;6-/m.1/s1. The summed E-state index contributed by atoms with van der Waals surface area (Å²) in [4.78, 5) is 12.2. The summed E-state index contributed by atoms with van der Waals surface area (Å²) in [7, 11) is 3.80. The minimum absolute atomic E-state index is 0.249. The third-order valence-electron chi connectivity index (χ3n) is 2.79. The predicted octanol–water partition coefficient (Wildman–Crippen LogP) is 1.12. The first-order valence-electron chi connectivity index (χ1n) is 5.82. The van der Waals surface area contributed by atoms with E-state index in [1.807, 2.05) is 13.8 Å². The molecule has 0 saturated carbocycles. The highest BCUT2D eigenvalue weighted by Crippen LogP contribution is 2.11. The lowest BCUT2D eigenvalue weighted by Gasteiger charge is -2.21. The maximum atomic E-state index is 9.80. The Hall–Kier alpha value is -0.610. The number of methoxy groups -OCH3 is 1. The van der Waals surface area contributed by atoms with Crippen LogP contribution in [0.15, 0.2) is 0 Å². The summed E-state index contributed by atoms with van der Waals surface area (Å²) in [6.45, 7) is 9.28. The second kappa shape index (κ2) is 7.63. The van der Waals surface area contributed by atoms with Crippen molar-refractivity contribution in [3.05, 3.63) is 0 Å². The summed E-state index contributed by atoms with van der Waals surface area (Å²) in [6, 6.07) is 0. The highest BCUT2D eigenvalue weighted by molar-refractivity contribution is 5.45. The monoisotopic (exact) mass is 230 g/mol. The molecule has 4 nitrogen and oxygen atoms in total. The summed E-state index contributed by atoms with van der Waals surface area (Å²) in [5.74, 6) is 0.949. The molecule has 0 aromatic rings. The molecule has 1 rings (SSSR count). The van der Waals surface area contributed by atoms with Gasteiger partial charge in [-0.2, -0.15) is 0 Å². The number of hydrogen-bond donors (Lipinski definition) is 1. The second-order valence-corrected chi connectivity index (χ2v) is 5.12. The van der Waals surface area contributed by atoms with Gasteiger partial charge in [-0.3, -0.25) is 4.79 Å². The number of nitrogens with one attached hydrogen (secondary N) is 1. The lowest BCUT2D eigenvalue weighted by Crippen LogP contribution is -2.35. The number of likely N-dealkylation sites (tertiary alicyclic amines) is 1. The van der Waals surface area contributed by atoms with Crippen LogP contribution in [-0.4, -0.2) is 50.7 Å². The van der Waals surface area contributed by atoms with Crippen LogP contribution in [0.1, 0.15) is 27.2 Å². The average Bonchev–Trinajstić information content (AvgIpc) is 2.61. The van der Waals surface area contributed by atoms with Crippen LogP contribution in [-0.2, 0) is 9.53 Å². The number of amides is 1. The first-order valence-corrected chi connectivity index (χ1v) is 5.82. The van der Waals surface area contributed by atoms with Crippen molar-refractivity contribution in [2.75, 3.05) is 33.8 Å². The van der Waals surface area contributed by atoms with Crippen LogP contribution in [0, 0.1) is 5.92 Å². The third-order valence-corrected chi connectivity index (χ3v) is 2.79. The molecule has 0 spiro atoms. The number of nitrogens with zero attached hydrogens (tertiary/aromatic N) is 1. The van der Waals surface area contributed by atoms with Crippen LogP contribution in [0.25, 0.3) is 0 Å². The Morgan fingerprint density at radius 1 is 1.56 bits per heavy atom. The van der Waals surface area contributed by atoms with Crippen molar-refractivity contribution < 1.29 is 9.53 Å². The van der Waals surface area contributed by atoms with E-state index < -0.39 is 0 Å². The van der Waals surface area contributed by atoms with Crippen LogP contribution in [0.2, 0.25) is 0 Å². The summed E-state index contributed by atoms with van der Waals surface area (Å²) < 4.78 is 5.02. The van der Waals surface area contributed by atoms with E-state index >= 15 is 0 Å². The Labute approximate surface area is 99.3 Å². The number of ether oxygens (including phenoxy) is 1. The molecule has 1 aliphatic rings. The summed E-state index contributed by atoms with van der Waals surface area (Å²) in [5, 5.41) is 2.53. The fourth-order valence-electron chi connectivity index (χ4n) is 1.52. The molecular formula is C12H26N2O2. The number of hydrogen-bond acceptors (Lipinski definition) is 3. The van der Waals surface area contributed by atoms with Crippen LogP contribution >= 0.6 is 0 Å². The SMILES string of the molecule is COC(C)(C)CNC=O.C[C@@H]1CCN(C)C1. The maximum absolute atomic E-state index is 9.80. The van der Waals surface area contributed by atoms with Crippen molar-refractivity contribution in [1.82, 2.24) is 10.2 Å². The van der Waals surface area contributed by atoms with Gasteiger partial charge in [0.2, 0.25) is 6.41 Å². The van der Waals surface area contributed by atoms with Crippen LogP contribution in [0.5, 0.6) is 0 Å². The van der Waals surface area contributed by atoms with E-state index in [0.717, 1.165) is 5.92 Å². The first kappa shape index (κ1) is 15.4. The van der Waals surface area contributed by atoms with Crippen molar-refractivity contribution in [2.45, 2.75) is 32.8 Å². The zero-order chi connectivity index (χ0) is 12.6. The number of carbonyl (C=O) groups is 1. The lowest BCUT2D eigenvalue weighted by atomic mass is 10.1. The molecule has 1 amide bonds. The number of rotatable bonds is 4. The van der Waals surface area contributed by atoms with Crippen molar-refractivity contribution in [3.8, 4) is 0 Å². The van der Waals surface area contributed by atoms with Crippen molar-refractivity contribution in [3.63, 3.8) is 0 Å². The molecule has 1 saturated heterocycles. The molecular weight excluding hydrogens is 204 g/mol. The molecule has 1 atom stereocenters. The van der Waals surface area contributed by atoms with E-state index in [9.17, 15) is 4.79 Å². The Bertz CT molecular complexity index is 187. The highest BCUT2D eigenvalue weighted by atomic mass is 16.5. The molecule has 96 valence electrons. The van der Waals surface area contributed by atoms with E-state index in [2.05, 4.69) is 24.2 Å². The van der Waals surface area contributed by atoms with E-state index in [4.69, 9.17) is 4.74 Å². The molecule has 0 aromatic carbocycles. The van der Waals surface area contributed by atoms with Gasteiger partial charge in [0.05, 0.1) is 5.60 Å². The van der Waals surface area contributed by atoms with Gasteiger partial charge in [0.1, 0.15) is 0 Å². The van der Waals surface area contributed by atoms with E-state index in [1.54, 1.807) is 7.11 Å². The van der Waals surface area contributed by atoms with Crippen LogP contribution in [0.3, 0.4) is 0 Å². The third kappa shape index (κ3) is 7.65. The second-order valence-electron chi connectivity index (χ2n) is 5.12. The normalized spacial score (nSPS) is 21.2. The molecule has 0 unspecified atom stereocenters. The summed E-state index contributed by atoms with van der Waals surface area (Å²) in [6.07, 6.45) is 2.07. The molecule has 0 aromatic heterocycles. The first-order chi connectivity index (χ1) is 7.41. The summed E-state index contributed by atoms with van der Waals surface area (Å²) in [5.41, 5.74) is -0.249. The quantitative estimate of drug-likeness (QED) is 0.736. The molecule has 0 bridgehead atoms. The Kier molecular flexibility index (Phi) is 7.34. The molecule has 1 N–H and O–H groups in total. The van der Waals surface area contributed by atoms with E-state index in [0.29, 0.717) is 13.0 Å². The van der Waals surface area contributed by atoms with Crippen LogP contribution in [0.4, 0.5) is 0 Å².